The van der Waals surface area contributed by atoms with Crippen LogP contribution in [0.5, 0.6) is 0 Å². The molecule has 0 bridgehead atoms. The van der Waals surface area contributed by atoms with Crippen molar-refractivity contribution in [3.8, 4) is 0 Å². The Balaban J connectivity index is 1.92. The molecule has 20 heavy (non-hydrogen) atoms. The summed E-state index contributed by atoms with van der Waals surface area (Å²) in [7, 11) is 0. The Bertz CT molecular complexity index is 577. The highest BCUT2D eigenvalue weighted by atomic mass is 32.1. The van der Waals surface area contributed by atoms with Gasteiger partial charge in [0.2, 0.25) is 0 Å². The first-order valence-corrected chi connectivity index (χ1v) is 7.98. The molecule has 3 N–H and O–H groups in total. The molecule has 5 heteroatoms. The lowest BCUT2D eigenvalue weighted by Crippen LogP contribution is -2.29. The average molecular weight is 288 g/mol. The average Bonchev–Trinajstić information content (AvgIpc) is 2.86. The summed E-state index contributed by atoms with van der Waals surface area (Å²) in [5, 5.41) is 4.19. The number of nitrogens with one attached hydrogen (secondary N) is 1. The normalized spacial score (nSPS) is 16.9. The summed E-state index contributed by atoms with van der Waals surface area (Å²) in [6.07, 6.45) is 4.86. The third kappa shape index (κ3) is 2.49. The van der Waals surface area contributed by atoms with Gasteiger partial charge >= 0.3 is 0 Å². The molecule has 1 aliphatic rings. The summed E-state index contributed by atoms with van der Waals surface area (Å²) in [6.45, 7) is 2.10. The predicted octanol–water partition coefficient (Wildman–Crippen LogP) is 2.92. The van der Waals surface area contributed by atoms with Crippen LogP contribution in [0, 0.1) is 0 Å². The number of rotatable bonds is 5. The van der Waals surface area contributed by atoms with Crippen LogP contribution >= 0.6 is 11.5 Å². The largest absolute Gasteiger partial charge is 0.271 e. The van der Waals surface area contributed by atoms with Crippen LogP contribution in [-0.4, -0.2) is 9.59 Å². The molecule has 1 aliphatic carbocycles. The Morgan fingerprint density at radius 2 is 2.30 bits per heavy atom. The Labute approximate surface area is 123 Å². The SMILES string of the molecule is CCc1nnsc1C(NN)c1cccc(C2CCC2)c1. The maximum absolute atomic E-state index is 5.79. The molecule has 1 unspecified atom stereocenters. The van der Waals surface area contributed by atoms with Gasteiger partial charge in [-0.1, -0.05) is 42.1 Å². The first-order chi connectivity index (χ1) is 9.83. The second-order valence-corrected chi connectivity index (χ2v) is 6.12. The molecule has 0 spiro atoms. The zero-order valence-corrected chi connectivity index (χ0v) is 12.5. The van der Waals surface area contributed by atoms with Gasteiger partial charge in [-0.2, -0.15) is 0 Å². The van der Waals surface area contributed by atoms with E-state index < -0.39 is 0 Å². The lowest BCUT2D eigenvalue weighted by atomic mass is 9.79. The molecule has 1 saturated carbocycles. The molecule has 0 radical (unpaired) electrons. The highest BCUT2D eigenvalue weighted by Gasteiger charge is 2.23. The molecular formula is C15H20N4S. The minimum absolute atomic E-state index is 0.00928. The molecule has 1 aromatic carbocycles. The van der Waals surface area contributed by atoms with Crippen LogP contribution in [0.25, 0.3) is 0 Å². The number of nitrogens with zero attached hydrogens (tertiary/aromatic N) is 2. The lowest BCUT2D eigenvalue weighted by molar-refractivity contribution is 0.419. The number of benzene rings is 1. The van der Waals surface area contributed by atoms with Crippen molar-refractivity contribution in [2.45, 2.75) is 44.6 Å². The van der Waals surface area contributed by atoms with Crippen LogP contribution < -0.4 is 11.3 Å². The fraction of sp³-hybridized carbons (Fsp3) is 0.467. The second-order valence-electron chi connectivity index (χ2n) is 5.34. The van der Waals surface area contributed by atoms with Crippen molar-refractivity contribution in [2.75, 3.05) is 0 Å². The summed E-state index contributed by atoms with van der Waals surface area (Å²) in [5.41, 5.74) is 6.60. The smallest absolute Gasteiger partial charge is 0.0837 e. The molecule has 1 atom stereocenters. The van der Waals surface area contributed by atoms with Crippen molar-refractivity contribution in [1.29, 1.82) is 0 Å². The highest BCUT2D eigenvalue weighted by molar-refractivity contribution is 7.05. The van der Waals surface area contributed by atoms with Gasteiger partial charge in [0.1, 0.15) is 0 Å². The summed E-state index contributed by atoms with van der Waals surface area (Å²) in [6, 6.07) is 8.77. The van der Waals surface area contributed by atoms with E-state index in [1.54, 1.807) is 0 Å². The van der Waals surface area contributed by atoms with Gasteiger partial charge in [-0.15, -0.1) is 5.10 Å². The Morgan fingerprint density at radius 1 is 1.45 bits per heavy atom. The zero-order valence-electron chi connectivity index (χ0n) is 11.7. The van der Waals surface area contributed by atoms with Crippen LogP contribution in [0.1, 0.15) is 59.8 Å². The van der Waals surface area contributed by atoms with Crippen molar-refractivity contribution in [2.24, 2.45) is 5.84 Å². The van der Waals surface area contributed by atoms with E-state index in [1.165, 1.54) is 41.9 Å². The molecule has 1 heterocycles. The van der Waals surface area contributed by atoms with Gasteiger partial charge in [0, 0.05) is 0 Å². The van der Waals surface area contributed by atoms with E-state index in [2.05, 4.69) is 46.2 Å². The fourth-order valence-corrected chi connectivity index (χ4v) is 3.56. The number of aromatic nitrogens is 2. The maximum Gasteiger partial charge on any atom is 0.0837 e. The van der Waals surface area contributed by atoms with Crippen LogP contribution in [-0.2, 0) is 6.42 Å². The molecular weight excluding hydrogens is 268 g/mol. The van der Waals surface area contributed by atoms with E-state index in [1.807, 2.05) is 0 Å². The van der Waals surface area contributed by atoms with Crippen LogP contribution in [0.3, 0.4) is 0 Å². The Hall–Kier alpha value is -1.30. The van der Waals surface area contributed by atoms with Crippen molar-refractivity contribution >= 4 is 11.5 Å². The van der Waals surface area contributed by atoms with Gasteiger partial charge < -0.3 is 0 Å². The first kappa shape index (κ1) is 13.7. The minimum atomic E-state index is -0.00928. The predicted molar refractivity (Wildman–Crippen MR) is 81.5 cm³/mol. The molecule has 2 aromatic rings. The molecule has 4 nitrogen and oxygen atoms in total. The Morgan fingerprint density at radius 3 is 2.95 bits per heavy atom. The number of hydrogen-bond acceptors (Lipinski definition) is 5. The number of hydrogen-bond donors (Lipinski definition) is 2. The number of aryl methyl sites for hydroxylation is 1. The standard InChI is InChI=1S/C15H20N4S/c1-2-13-15(20-19-18-13)14(17-16)12-8-4-7-11(9-12)10-5-3-6-10/h4,7-10,14,17H,2-3,5-6,16H2,1H3. The van der Waals surface area contributed by atoms with Crippen molar-refractivity contribution in [3.05, 3.63) is 46.0 Å². The third-order valence-corrected chi connectivity index (χ3v) is 5.00. The van der Waals surface area contributed by atoms with E-state index in [0.29, 0.717) is 0 Å². The zero-order chi connectivity index (χ0) is 13.9. The van der Waals surface area contributed by atoms with E-state index in [0.717, 1.165) is 22.9 Å². The molecule has 106 valence electrons. The van der Waals surface area contributed by atoms with Gasteiger partial charge in [0.05, 0.1) is 16.6 Å². The third-order valence-electron chi connectivity index (χ3n) is 4.17. The number of nitrogens with two attached hydrogens (primary N) is 1. The van der Waals surface area contributed by atoms with Crippen molar-refractivity contribution in [1.82, 2.24) is 15.0 Å². The van der Waals surface area contributed by atoms with E-state index in [4.69, 9.17) is 5.84 Å². The topological polar surface area (TPSA) is 63.8 Å². The summed E-state index contributed by atoms with van der Waals surface area (Å²) in [5.74, 6) is 6.53. The van der Waals surface area contributed by atoms with Gasteiger partial charge in [-0.05, 0) is 47.8 Å². The van der Waals surface area contributed by atoms with Gasteiger partial charge in [0.25, 0.3) is 0 Å². The Kier molecular flexibility index (Phi) is 4.10. The van der Waals surface area contributed by atoms with E-state index in [9.17, 15) is 0 Å². The maximum atomic E-state index is 5.79. The van der Waals surface area contributed by atoms with Gasteiger partial charge in [0.15, 0.2) is 0 Å². The van der Waals surface area contributed by atoms with Gasteiger partial charge in [-0.25, -0.2) is 5.43 Å². The molecule has 0 amide bonds. The number of hydrazine groups is 1. The van der Waals surface area contributed by atoms with Crippen molar-refractivity contribution in [3.63, 3.8) is 0 Å². The fourth-order valence-electron chi connectivity index (χ4n) is 2.74. The second kappa shape index (κ2) is 5.99. The summed E-state index contributed by atoms with van der Waals surface area (Å²) in [4.78, 5) is 1.13. The van der Waals surface area contributed by atoms with Gasteiger partial charge in [-0.3, -0.25) is 5.84 Å². The summed E-state index contributed by atoms with van der Waals surface area (Å²) < 4.78 is 4.07. The molecule has 3 rings (SSSR count). The van der Waals surface area contributed by atoms with Crippen molar-refractivity contribution < 1.29 is 0 Å². The minimum Gasteiger partial charge on any atom is -0.271 e. The highest BCUT2D eigenvalue weighted by Crippen LogP contribution is 2.37. The summed E-state index contributed by atoms with van der Waals surface area (Å²) >= 11 is 1.43. The lowest BCUT2D eigenvalue weighted by Gasteiger charge is -2.27. The quantitative estimate of drug-likeness (QED) is 0.656. The van der Waals surface area contributed by atoms with Crippen LogP contribution in [0.4, 0.5) is 0 Å². The molecule has 0 saturated heterocycles. The monoisotopic (exact) mass is 288 g/mol. The van der Waals surface area contributed by atoms with E-state index >= 15 is 0 Å². The molecule has 1 fully saturated rings. The van der Waals surface area contributed by atoms with E-state index in [-0.39, 0.29) is 6.04 Å². The first-order valence-electron chi connectivity index (χ1n) is 7.20. The molecule has 1 aromatic heterocycles. The van der Waals surface area contributed by atoms with Crippen LogP contribution in [0.15, 0.2) is 24.3 Å². The molecule has 0 aliphatic heterocycles. The van der Waals surface area contributed by atoms with Crippen LogP contribution in [0.2, 0.25) is 0 Å².